The number of nitrogens with zero attached hydrogens (tertiary/aromatic N) is 5. The van der Waals surface area contributed by atoms with Crippen molar-refractivity contribution in [2.24, 2.45) is 0 Å². The zero-order valence-electron chi connectivity index (χ0n) is 11.7. The van der Waals surface area contributed by atoms with Crippen LogP contribution in [-0.4, -0.2) is 48.2 Å². The average molecular weight is 289 g/mol. The molecule has 1 aliphatic heterocycles. The smallest absolute Gasteiger partial charge is 0.218 e. The SMILES string of the molecule is COc1cc(N2CCN(c3ncccc3F)CC2)ncn1. The fourth-order valence-corrected chi connectivity index (χ4v) is 2.37. The molecule has 0 spiro atoms. The van der Waals surface area contributed by atoms with Crippen LogP contribution in [-0.2, 0) is 0 Å². The van der Waals surface area contributed by atoms with Crippen molar-refractivity contribution < 1.29 is 9.13 Å². The highest BCUT2D eigenvalue weighted by Crippen LogP contribution is 2.21. The molecule has 1 aliphatic rings. The minimum atomic E-state index is -0.283. The number of methoxy groups -OCH3 is 1. The first-order chi connectivity index (χ1) is 10.3. The summed E-state index contributed by atoms with van der Waals surface area (Å²) in [6.45, 7) is 2.88. The molecule has 3 heterocycles. The molecule has 3 rings (SSSR count). The van der Waals surface area contributed by atoms with Gasteiger partial charge in [0.1, 0.15) is 12.1 Å². The lowest BCUT2D eigenvalue weighted by Gasteiger charge is -2.36. The van der Waals surface area contributed by atoms with Gasteiger partial charge < -0.3 is 14.5 Å². The lowest BCUT2D eigenvalue weighted by Crippen LogP contribution is -2.47. The zero-order chi connectivity index (χ0) is 14.7. The predicted molar refractivity (Wildman–Crippen MR) is 77.2 cm³/mol. The summed E-state index contributed by atoms with van der Waals surface area (Å²) in [4.78, 5) is 16.4. The molecule has 0 bridgehead atoms. The maximum absolute atomic E-state index is 13.7. The molecule has 0 radical (unpaired) electrons. The Morgan fingerprint density at radius 2 is 1.86 bits per heavy atom. The summed E-state index contributed by atoms with van der Waals surface area (Å²) < 4.78 is 18.8. The van der Waals surface area contributed by atoms with Gasteiger partial charge in [-0.15, -0.1) is 0 Å². The highest BCUT2D eigenvalue weighted by atomic mass is 19.1. The van der Waals surface area contributed by atoms with Gasteiger partial charge in [0.2, 0.25) is 5.88 Å². The van der Waals surface area contributed by atoms with Crippen LogP contribution in [0.3, 0.4) is 0 Å². The van der Waals surface area contributed by atoms with Crippen molar-refractivity contribution in [3.8, 4) is 5.88 Å². The van der Waals surface area contributed by atoms with E-state index >= 15 is 0 Å². The summed E-state index contributed by atoms with van der Waals surface area (Å²) in [7, 11) is 1.58. The molecular formula is C14H16FN5O. The number of hydrogen-bond acceptors (Lipinski definition) is 6. The molecule has 0 amide bonds. The topological polar surface area (TPSA) is 54.4 Å². The van der Waals surface area contributed by atoms with E-state index in [1.54, 1.807) is 25.4 Å². The summed E-state index contributed by atoms with van der Waals surface area (Å²) >= 11 is 0. The van der Waals surface area contributed by atoms with E-state index in [1.807, 2.05) is 4.90 Å². The third-order valence-electron chi connectivity index (χ3n) is 3.48. The van der Waals surface area contributed by atoms with Crippen LogP contribution >= 0.6 is 0 Å². The predicted octanol–water partition coefficient (Wildman–Crippen LogP) is 1.35. The molecule has 0 atom stereocenters. The van der Waals surface area contributed by atoms with Crippen molar-refractivity contribution in [1.82, 2.24) is 15.0 Å². The summed E-state index contributed by atoms with van der Waals surface area (Å²) in [6, 6.07) is 4.84. The van der Waals surface area contributed by atoms with Gasteiger partial charge in [0.05, 0.1) is 7.11 Å². The van der Waals surface area contributed by atoms with Gasteiger partial charge in [-0.2, -0.15) is 0 Å². The van der Waals surface area contributed by atoms with E-state index in [2.05, 4.69) is 19.9 Å². The number of rotatable bonds is 3. The van der Waals surface area contributed by atoms with Gasteiger partial charge in [-0.05, 0) is 12.1 Å². The quantitative estimate of drug-likeness (QED) is 0.850. The van der Waals surface area contributed by atoms with Gasteiger partial charge in [-0.3, -0.25) is 0 Å². The van der Waals surface area contributed by atoms with E-state index in [0.717, 1.165) is 18.9 Å². The van der Waals surface area contributed by atoms with E-state index in [-0.39, 0.29) is 5.82 Å². The first-order valence-corrected chi connectivity index (χ1v) is 6.74. The maximum atomic E-state index is 13.7. The Labute approximate surface area is 122 Å². The molecule has 21 heavy (non-hydrogen) atoms. The summed E-state index contributed by atoms with van der Waals surface area (Å²) in [5.41, 5.74) is 0. The van der Waals surface area contributed by atoms with E-state index in [0.29, 0.717) is 24.8 Å². The Hall–Kier alpha value is -2.44. The Bertz CT molecular complexity index is 616. The van der Waals surface area contributed by atoms with E-state index in [9.17, 15) is 4.39 Å². The second kappa shape index (κ2) is 5.90. The summed E-state index contributed by atoms with van der Waals surface area (Å²) in [6.07, 6.45) is 3.10. The zero-order valence-corrected chi connectivity index (χ0v) is 11.7. The van der Waals surface area contributed by atoms with Crippen LogP contribution in [0, 0.1) is 5.82 Å². The monoisotopic (exact) mass is 289 g/mol. The maximum Gasteiger partial charge on any atom is 0.218 e. The second-order valence-electron chi connectivity index (χ2n) is 4.70. The van der Waals surface area contributed by atoms with Crippen LogP contribution in [0.15, 0.2) is 30.7 Å². The molecule has 0 saturated carbocycles. The Balaban J connectivity index is 1.69. The van der Waals surface area contributed by atoms with Gasteiger partial charge in [-0.1, -0.05) is 0 Å². The van der Waals surface area contributed by atoms with Gasteiger partial charge >= 0.3 is 0 Å². The van der Waals surface area contributed by atoms with Gasteiger partial charge in [0.25, 0.3) is 0 Å². The van der Waals surface area contributed by atoms with E-state index in [4.69, 9.17) is 4.74 Å². The molecule has 2 aromatic rings. The van der Waals surface area contributed by atoms with Crippen LogP contribution in [0.4, 0.5) is 16.0 Å². The second-order valence-corrected chi connectivity index (χ2v) is 4.70. The lowest BCUT2D eigenvalue weighted by atomic mass is 10.3. The minimum Gasteiger partial charge on any atom is -0.481 e. The highest BCUT2D eigenvalue weighted by Gasteiger charge is 2.21. The third kappa shape index (κ3) is 2.86. The standard InChI is InChI=1S/C14H16FN5O/c1-21-13-9-12(17-10-18-13)19-5-7-20(8-6-19)14-11(15)3-2-4-16-14/h2-4,9-10H,5-8H2,1H3. The van der Waals surface area contributed by atoms with E-state index in [1.165, 1.54) is 12.4 Å². The van der Waals surface area contributed by atoms with Crippen LogP contribution in [0.5, 0.6) is 5.88 Å². The average Bonchev–Trinajstić information content (AvgIpc) is 2.56. The highest BCUT2D eigenvalue weighted by molar-refractivity contribution is 5.46. The molecule has 1 fully saturated rings. The van der Waals surface area contributed by atoms with Crippen molar-refractivity contribution in [3.05, 3.63) is 36.5 Å². The van der Waals surface area contributed by atoms with Crippen molar-refractivity contribution in [2.45, 2.75) is 0 Å². The molecule has 0 aromatic carbocycles. The molecule has 0 aliphatic carbocycles. The Kier molecular flexibility index (Phi) is 3.81. The fraction of sp³-hybridized carbons (Fsp3) is 0.357. The first kappa shape index (κ1) is 13.5. The Morgan fingerprint density at radius 3 is 2.57 bits per heavy atom. The summed E-state index contributed by atoms with van der Waals surface area (Å²) in [5, 5.41) is 0. The number of anilines is 2. The number of ether oxygens (including phenoxy) is 1. The molecule has 0 unspecified atom stereocenters. The molecule has 110 valence electrons. The number of hydrogen-bond donors (Lipinski definition) is 0. The fourth-order valence-electron chi connectivity index (χ4n) is 2.37. The molecular weight excluding hydrogens is 273 g/mol. The Morgan fingerprint density at radius 1 is 1.10 bits per heavy atom. The van der Waals surface area contributed by atoms with Crippen molar-refractivity contribution in [1.29, 1.82) is 0 Å². The normalized spacial score (nSPS) is 15.1. The third-order valence-corrected chi connectivity index (χ3v) is 3.48. The summed E-state index contributed by atoms with van der Waals surface area (Å²) in [5.74, 6) is 1.49. The van der Waals surface area contributed by atoms with Crippen molar-refractivity contribution in [3.63, 3.8) is 0 Å². The number of pyridine rings is 1. The van der Waals surface area contributed by atoms with Gasteiger partial charge in [0.15, 0.2) is 11.6 Å². The largest absolute Gasteiger partial charge is 0.481 e. The van der Waals surface area contributed by atoms with Gasteiger partial charge in [0, 0.05) is 38.4 Å². The number of halogens is 1. The van der Waals surface area contributed by atoms with Crippen molar-refractivity contribution >= 4 is 11.6 Å². The van der Waals surface area contributed by atoms with Crippen LogP contribution in [0.2, 0.25) is 0 Å². The van der Waals surface area contributed by atoms with Crippen LogP contribution in [0.25, 0.3) is 0 Å². The lowest BCUT2D eigenvalue weighted by molar-refractivity contribution is 0.396. The molecule has 0 N–H and O–H groups in total. The van der Waals surface area contributed by atoms with E-state index < -0.39 is 0 Å². The number of aromatic nitrogens is 3. The molecule has 2 aromatic heterocycles. The van der Waals surface area contributed by atoms with Crippen LogP contribution < -0.4 is 14.5 Å². The van der Waals surface area contributed by atoms with Crippen LogP contribution in [0.1, 0.15) is 0 Å². The first-order valence-electron chi connectivity index (χ1n) is 6.74. The minimum absolute atomic E-state index is 0.283. The molecule has 7 heteroatoms. The van der Waals surface area contributed by atoms with Crippen molar-refractivity contribution in [2.75, 3.05) is 43.1 Å². The molecule has 6 nitrogen and oxygen atoms in total. The number of piperazine rings is 1. The van der Waals surface area contributed by atoms with Gasteiger partial charge in [-0.25, -0.2) is 19.3 Å². The molecule has 1 saturated heterocycles.